The van der Waals surface area contributed by atoms with Crippen molar-refractivity contribution in [3.8, 4) is 11.5 Å². The van der Waals surface area contributed by atoms with Crippen LogP contribution in [0.2, 0.25) is 0 Å². The summed E-state index contributed by atoms with van der Waals surface area (Å²) in [5, 5.41) is 3.00. The topological polar surface area (TPSA) is 67.2 Å². The molecule has 1 amide bonds. The number of methoxy groups -OCH3 is 1. The zero-order valence-electron chi connectivity index (χ0n) is 18.3. The third kappa shape index (κ3) is 5.62. The first-order chi connectivity index (χ1) is 15.7. The molecule has 0 unspecified atom stereocenters. The lowest BCUT2D eigenvalue weighted by Crippen LogP contribution is -2.50. The van der Waals surface area contributed by atoms with Crippen LogP contribution in [-0.4, -0.2) is 57.2 Å². The molecule has 7 nitrogen and oxygen atoms in total. The van der Waals surface area contributed by atoms with Crippen LogP contribution in [0.15, 0.2) is 77.4 Å². The van der Waals surface area contributed by atoms with Crippen molar-refractivity contribution in [3.63, 3.8) is 0 Å². The van der Waals surface area contributed by atoms with Gasteiger partial charge in [0.2, 0.25) is 0 Å². The van der Waals surface area contributed by atoms with E-state index in [0.29, 0.717) is 12.3 Å². The number of benzene rings is 2. The number of hydrogen-bond acceptors (Lipinski definition) is 6. The maximum Gasteiger partial charge on any atom is 0.258 e. The minimum atomic E-state index is -0.151. The Labute approximate surface area is 188 Å². The highest BCUT2D eigenvalue weighted by atomic mass is 16.5. The summed E-state index contributed by atoms with van der Waals surface area (Å²) in [6.45, 7) is 3.98. The van der Waals surface area contributed by atoms with Crippen LogP contribution in [0.5, 0.6) is 11.5 Å². The molecule has 1 aliphatic rings. The van der Waals surface area contributed by atoms with Crippen molar-refractivity contribution in [1.82, 2.24) is 10.2 Å². The van der Waals surface area contributed by atoms with E-state index < -0.39 is 0 Å². The van der Waals surface area contributed by atoms with Gasteiger partial charge in [-0.1, -0.05) is 18.2 Å². The highest BCUT2D eigenvalue weighted by Gasteiger charge is 2.27. The Balaban J connectivity index is 1.31. The van der Waals surface area contributed by atoms with Crippen LogP contribution in [0, 0.1) is 0 Å². The standard InChI is InChI=1S/C25H29N3O4/c1-30-21-11-9-20(10-12-21)27-13-15-28(16-14-27)23(24-8-5-17-31-24)18-26-25(29)19-32-22-6-3-2-4-7-22/h2-12,17,23H,13-16,18-19H2,1H3,(H,26,29)/t23-/m1/s1. The highest BCUT2D eigenvalue weighted by Crippen LogP contribution is 2.25. The number of ether oxygens (including phenoxy) is 2. The van der Waals surface area contributed by atoms with Crippen LogP contribution >= 0.6 is 0 Å². The van der Waals surface area contributed by atoms with E-state index in [4.69, 9.17) is 13.9 Å². The predicted molar refractivity (Wildman–Crippen MR) is 123 cm³/mol. The number of carbonyl (C=O) groups excluding carboxylic acids is 1. The molecule has 2 aromatic carbocycles. The fraction of sp³-hybridized carbons (Fsp3) is 0.320. The lowest BCUT2D eigenvalue weighted by molar-refractivity contribution is -0.123. The third-order valence-electron chi connectivity index (χ3n) is 5.67. The predicted octanol–water partition coefficient (Wildman–Crippen LogP) is 3.35. The summed E-state index contributed by atoms with van der Waals surface area (Å²) in [4.78, 5) is 17.1. The zero-order chi connectivity index (χ0) is 22.2. The van der Waals surface area contributed by atoms with Gasteiger partial charge in [-0.15, -0.1) is 0 Å². The number of carbonyl (C=O) groups is 1. The van der Waals surface area contributed by atoms with Crippen molar-refractivity contribution in [1.29, 1.82) is 0 Å². The number of hydrogen-bond donors (Lipinski definition) is 1. The van der Waals surface area contributed by atoms with Crippen LogP contribution in [0.3, 0.4) is 0 Å². The van der Waals surface area contributed by atoms with Crippen molar-refractivity contribution in [2.75, 3.05) is 51.3 Å². The SMILES string of the molecule is COc1ccc(N2CCN([C@H](CNC(=O)COc3ccccc3)c3ccco3)CC2)cc1. The summed E-state index contributed by atoms with van der Waals surface area (Å²) in [5.74, 6) is 2.24. The molecule has 1 atom stereocenters. The monoisotopic (exact) mass is 435 g/mol. The van der Waals surface area contributed by atoms with E-state index in [2.05, 4.69) is 27.2 Å². The smallest absolute Gasteiger partial charge is 0.258 e. The number of nitrogens with zero attached hydrogens (tertiary/aromatic N) is 2. The Morgan fingerprint density at radius 2 is 1.72 bits per heavy atom. The van der Waals surface area contributed by atoms with Crippen molar-refractivity contribution >= 4 is 11.6 Å². The van der Waals surface area contributed by atoms with Crippen molar-refractivity contribution in [3.05, 3.63) is 78.8 Å². The summed E-state index contributed by atoms with van der Waals surface area (Å²) in [5.41, 5.74) is 1.19. The maximum absolute atomic E-state index is 12.4. The Hall–Kier alpha value is -3.45. The fourth-order valence-electron chi connectivity index (χ4n) is 3.90. The second-order valence-electron chi connectivity index (χ2n) is 7.66. The summed E-state index contributed by atoms with van der Waals surface area (Å²) >= 11 is 0. The first kappa shape index (κ1) is 21.8. The average Bonchev–Trinajstić information content (AvgIpc) is 3.39. The molecular weight excluding hydrogens is 406 g/mol. The molecule has 1 aliphatic heterocycles. The van der Waals surface area contributed by atoms with Gasteiger partial charge in [0.05, 0.1) is 19.4 Å². The fourth-order valence-corrected chi connectivity index (χ4v) is 3.90. The van der Waals surface area contributed by atoms with E-state index in [1.165, 1.54) is 5.69 Å². The first-order valence-corrected chi connectivity index (χ1v) is 10.8. The van der Waals surface area contributed by atoms with Crippen LogP contribution in [-0.2, 0) is 4.79 Å². The number of nitrogens with one attached hydrogen (secondary N) is 1. The van der Waals surface area contributed by atoms with E-state index in [9.17, 15) is 4.79 Å². The molecule has 32 heavy (non-hydrogen) atoms. The lowest BCUT2D eigenvalue weighted by Gasteiger charge is -2.39. The van der Waals surface area contributed by atoms with Gasteiger partial charge in [-0.25, -0.2) is 0 Å². The van der Waals surface area contributed by atoms with Gasteiger partial charge >= 0.3 is 0 Å². The van der Waals surface area contributed by atoms with Gasteiger partial charge in [0.15, 0.2) is 6.61 Å². The Morgan fingerprint density at radius 3 is 2.38 bits per heavy atom. The minimum absolute atomic E-state index is 0.0138. The molecule has 1 N–H and O–H groups in total. The number of piperazine rings is 1. The molecule has 0 spiro atoms. The van der Waals surface area contributed by atoms with E-state index >= 15 is 0 Å². The highest BCUT2D eigenvalue weighted by molar-refractivity contribution is 5.77. The first-order valence-electron chi connectivity index (χ1n) is 10.8. The molecule has 1 fully saturated rings. The summed E-state index contributed by atoms with van der Waals surface area (Å²) < 4.78 is 16.5. The number of furan rings is 1. The average molecular weight is 436 g/mol. The molecule has 0 bridgehead atoms. The van der Waals surface area contributed by atoms with E-state index in [0.717, 1.165) is 37.7 Å². The molecule has 3 aromatic rings. The molecule has 0 aliphatic carbocycles. The summed E-state index contributed by atoms with van der Waals surface area (Å²) in [7, 11) is 1.68. The van der Waals surface area contributed by atoms with Gasteiger partial charge < -0.3 is 24.1 Å². The molecule has 0 radical (unpaired) electrons. The molecule has 4 rings (SSSR count). The van der Waals surface area contributed by atoms with Gasteiger partial charge in [-0.05, 0) is 48.5 Å². The second-order valence-corrected chi connectivity index (χ2v) is 7.66. The van der Waals surface area contributed by atoms with Gasteiger partial charge in [0.1, 0.15) is 17.3 Å². The molecule has 1 saturated heterocycles. The van der Waals surface area contributed by atoms with Gasteiger partial charge in [0, 0.05) is 38.4 Å². The number of amides is 1. The number of rotatable bonds is 9. The zero-order valence-corrected chi connectivity index (χ0v) is 18.3. The second kappa shape index (κ2) is 10.7. The van der Waals surface area contributed by atoms with Gasteiger partial charge in [-0.3, -0.25) is 9.69 Å². The molecule has 168 valence electrons. The van der Waals surface area contributed by atoms with Crippen molar-refractivity contribution < 1.29 is 18.7 Å². The largest absolute Gasteiger partial charge is 0.497 e. The summed E-state index contributed by atoms with van der Waals surface area (Å²) in [6, 6.07) is 21.3. The van der Waals surface area contributed by atoms with Crippen molar-refractivity contribution in [2.24, 2.45) is 0 Å². The van der Waals surface area contributed by atoms with E-state index in [1.807, 2.05) is 54.6 Å². The van der Waals surface area contributed by atoms with Crippen LogP contribution in [0.1, 0.15) is 11.8 Å². The normalized spacial score (nSPS) is 15.2. The van der Waals surface area contributed by atoms with E-state index in [-0.39, 0.29) is 18.6 Å². The Bertz CT molecular complexity index is 953. The van der Waals surface area contributed by atoms with E-state index in [1.54, 1.807) is 13.4 Å². The molecule has 0 saturated carbocycles. The Kier molecular flexibility index (Phi) is 7.30. The lowest BCUT2D eigenvalue weighted by atomic mass is 10.1. The quantitative estimate of drug-likeness (QED) is 0.556. The molecular formula is C25H29N3O4. The third-order valence-corrected chi connectivity index (χ3v) is 5.67. The van der Waals surface area contributed by atoms with Crippen LogP contribution in [0.25, 0.3) is 0 Å². The van der Waals surface area contributed by atoms with Crippen LogP contribution in [0.4, 0.5) is 5.69 Å². The number of para-hydroxylation sites is 1. The Morgan fingerprint density at radius 1 is 0.969 bits per heavy atom. The minimum Gasteiger partial charge on any atom is -0.497 e. The summed E-state index contributed by atoms with van der Waals surface area (Å²) in [6.07, 6.45) is 1.68. The van der Waals surface area contributed by atoms with Gasteiger partial charge in [-0.2, -0.15) is 0 Å². The molecule has 7 heteroatoms. The van der Waals surface area contributed by atoms with Crippen LogP contribution < -0.4 is 19.7 Å². The molecule has 1 aromatic heterocycles. The number of anilines is 1. The maximum atomic E-state index is 12.4. The molecule has 2 heterocycles. The van der Waals surface area contributed by atoms with Gasteiger partial charge in [0.25, 0.3) is 5.91 Å². The van der Waals surface area contributed by atoms with Crippen molar-refractivity contribution in [2.45, 2.75) is 6.04 Å².